The molecule has 0 spiro atoms. The van der Waals surface area contributed by atoms with Gasteiger partial charge < -0.3 is 10.2 Å². The Labute approximate surface area is 110 Å². The minimum Gasteiger partial charge on any atom is -0.370 e. The van der Waals surface area contributed by atoms with Crippen LogP contribution in [-0.4, -0.2) is 26.0 Å². The minimum absolute atomic E-state index is 1.00. The molecule has 0 atom stereocenters. The van der Waals surface area contributed by atoms with Crippen molar-refractivity contribution in [3.05, 3.63) is 24.3 Å². The summed E-state index contributed by atoms with van der Waals surface area (Å²) in [5, 5.41) is 3.48. The van der Waals surface area contributed by atoms with Gasteiger partial charge in [0.1, 0.15) is 5.84 Å². The second-order valence-corrected chi connectivity index (χ2v) is 4.76. The topological polar surface area (TPSA) is 27.6 Å². The summed E-state index contributed by atoms with van der Waals surface area (Å²) in [6, 6.07) is 8.55. The summed E-state index contributed by atoms with van der Waals surface area (Å²) in [7, 11) is 1.86. The molecule has 0 radical (unpaired) electrons. The standard InChI is InChI=1S/C15H23N3/c1-3-8-15(16-2)17-13-9-4-5-10-14(13)18-11-6-7-12-18/h4-5,9-10H,3,6-8,11-12H2,1-2H3,(H,16,17). The van der Waals surface area contributed by atoms with Gasteiger partial charge >= 0.3 is 0 Å². The monoisotopic (exact) mass is 245 g/mol. The third-order valence-electron chi connectivity index (χ3n) is 3.39. The first-order chi connectivity index (χ1) is 8.85. The maximum Gasteiger partial charge on any atom is 0.100 e. The molecule has 1 saturated heterocycles. The van der Waals surface area contributed by atoms with Crippen LogP contribution in [0.15, 0.2) is 29.3 Å². The Morgan fingerprint density at radius 3 is 2.67 bits per heavy atom. The number of benzene rings is 1. The molecule has 1 aromatic carbocycles. The fraction of sp³-hybridized carbons (Fsp3) is 0.533. The normalized spacial score (nSPS) is 16.1. The van der Waals surface area contributed by atoms with Gasteiger partial charge in [-0.3, -0.25) is 4.99 Å². The molecule has 2 rings (SSSR count). The molecule has 0 amide bonds. The maximum absolute atomic E-state index is 4.33. The number of aliphatic imine (C=N–C) groups is 1. The molecule has 98 valence electrons. The molecular formula is C15H23N3. The summed E-state index contributed by atoms with van der Waals surface area (Å²) in [5.41, 5.74) is 2.50. The average molecular weight is 245 g/mol. The van der Waals surface area contributed by atoms with Gasteiger partial charge in [0, 0.05) is 26.6 Å². The molecule has 1 aromatic rings. The van der Waals surface area contributed by atoms with Crippen molar-refractivity contribution < 1.29 is 0 Å². The van der Waals surface area contributed by atoms with Gasteiger partial charge in [0.25, 0.3) is 0 Å². The molecule has 3 heteroatoms. The second kappa shape index (κ2) is 6.43. The number of nitrogens with zero attached hydrogens (tertiary/aromatic N) is 2. The molecule has 1 heterocycles. The zero-order valence-corrected chi connectivity index (χ0v) is 11.4. The van der Waals surface area contributed by atoms with E-state index in [1.807, 2.05) is 7.05 Å². The van der Waals surface area contributed by atoms with E-state index in [-0.39, 0.29) is 0 Å². The highest BCUT2D eigenvalue weighted by Crippen LogP contribution is 2.28. The molecule has 3 nitrogen and oxygen atoms in total. The number of para-hydroxylation sites is 2. The van der Waals surface area contributed by atoms with Crippen LogP contribution in [0.3, 0.4) is 0 Å². The predicted octanol–water partition coefficient (Wildman–Crippen LogP) is 3.53. The Bertz CT molecular complexity index is 406. The zero-order valence-electron chi connectivity index (χ0n) is 11.4. The summed E-state index contributed by atoms with van der Waals surface area (Å²) < 4.78 is 0. The van der Waals surface area contributed by atoms with Crippen LogP contribution in [-0.2, 0) is 0 Å². The molecule has 1 aliphatic rings. The first-order valence-corrected chi connectivity index (χ1v) is 6.91. The number of anilines is 2. The Morgan fingerprint density at radius 1 is 1.28 bits per heavy atom. The van der Waals surface area contributed by atoms with Gasteiger partial charge in [-0.2, -0.15) is 0 Å². The molecule has 0 saturated carbocycles. The van der Waals surface area contributed by atoms with E-state index in [9.17, 15) is 0 Å². The summed E-state index contributed by atoms with van der Waals surface area (Å²) in [6.45, 7) is 4.52. The Morgan fingerprint density at radius 2 is 2.00 bits per heavy atom. The molecule has 0 unspecified atom stereocenters. The minimum atomic E-state index is 1.00. The van der Waals surface area contributed by atoms with E-state index < -0.39 is 0 Å². The summed E-state index contributed by atoms with van der Waals surface area (Å²) >= 11 is 0. The van der Waals surface area contributed by atoms with Crippen LogP contribution in [0.1, 0.15) is 32.6 Å². The van der Waals surface area contributed by atoms with Crippen molar-refractivity contribution in [2.45, 2.75) is 32.6 Å². The van der Waals surface area contributed by atoms with E-state index in [4.69, 9.17) is 0 Å². The maximum atomic E-state index is 4.33. The average Bonchev–Trinajstić information content (AvgIpc) is 2.92. The van der Waals surface area contributed by atoms with E-state index in [2.05, 4.69) is 46.4 Å². The quantitative estimate of drug-likeness (QED) is 0.649. The van der Waals surface area contributed by atoms with Crippen LogP contribution >= 0.6 is 0 Å². The van der Waals surface area contributed by atoms with Crippen LogP contribution in [0.25, 0.3) is 0 Å². The lowest BCUT2D eigenvalue weighted by Crippen LogP contribution is -2.21. The van der Waals surface area contributed by atoms with Crippen LogP contribution in [0.4, 0.5) is 11.4 Å². The van der Waals surface area contributed by atoms with Crippen molar-refractivity contribution in [1.82, 2.24) is 0 Å². The fourth-order valence-corrected chi connectivity index (χ4v) is 2.44. The van der Waals surface area contributed by atoms with Gasteiger partial charge in [-0.15, -0.1) is 0 Å². The van der Waals surface area contributed by atoms with Crippen molar-refractivity contribution in [3.63, 3.8) is 0 Å². The predicted molar refractivity (Wildman–Crippen MR) is 79.8 cm³/mol. The van der Waals surface area contributed by atoms with Gasteiger partial charge in [0.2, 0.25) is 0 Å². The van der Waals surface area contributed by atoms with Crippen LogP contribution < -0.4 is 10.2 Å². The molecule has 0 bridgehead atoms. The third-order valence-corrected chi connectivity index (χ3v) is 3.39. The van der Waals surface area contributed by atoms with Crippen molar-refractivity contribution in [2.75, 3.05) is 30.4 Å². The highest BCUT2D eigenvalue weighted by atomic mass is 15.2. The van der Waals surface area contributed by atoms with Crippen molar-refractivity contribution >= 4 is 17.2 Å². The van der Waals surface area contributed by atoms with E-state index in [1.165, 1.54) is 37.3 Å². The molecule has 18 heavy (non-hydrogen) atoms. The first-order valence-electron chi connectivity index (χ1n) is 6.91. The summed E-state index contributed by atoms with van der Waals surface area (Å²) in [5.74, 6) is 1.07. The number of hydrogen-bond acceptors (Lipinski definition) is 2. The number of amidine groups is 1. The van der Waals surface area contributed by atoms with Crippen molar-refractivity contribution in [3.8, 4) is 0 Å². The van der Waals surface area contributed by atoms with Gasteiger partial charge in [0.05, 0.1) is 11.4 Å². The van der Waals surface area contributed by atoms with E-state index in [0.29, 0.717) is 0 Å². The highest BCUT2D eigenvalue weighted by molar-refractivity contribution is 5.98. The Kier molecular flexibility index (Phi) is 4.62. The summed E-state index contributed by atoms with van der Waals surface area (Å²) in [4.78, 5) is 6.79. The van der Waals surface area contributed by atoms with E-state index >= 15 is 0 Å². The van der Waals surface area contributed by atoms with E-state index in [0.717, 1.165) is 18.7 Å². The van der Waals surface area contributed by atoms with Gasteiger partial charge in [0.15, 0.2) is 0 Å². The van der Waals surface area contributed by atoms with Crippen molar-refractivity contribution in [1.29, 1.82) is 0 Å². The molecule has 1 N–H and O–H groups in total. The summed E-state index contributed by atoms with van der Waals surface area (Å²) in [6.07, 6.45) is 4.73. The van der Waals surface area contributed by atoms with Gasteiger partial charge in [-0.05, 0) is 31.4 Å². The van der Waals surface area contributed by atoms with Crippen molar-refractivity contribution in [2.24, 2.45) is 4.99 Å². The van der Waals surface area contributed by atoms with Gasteiger partial charge in [-0.25, -0.2) is 0 Å². The smallest absolute Gasteiger partial charge is 0.100 e. The molecule has 1 fully saturated rings. The lowest BCUT2D eigenvalue weighted by Gasteiger charge is -2.22. The molecule has 0 aromatic heterocycles. The number of rotatable bonds is 4. The zero-order chi connectivity index (χ0) is 12.8. The first kappa shape index (κ1) is 12.9. The van der Waals surface area contributed by atoms with E-state index in [1.54, 1.807) is 0 Å². The molecule has 1 aliphatic heterocycles. The Balaban J connectivity index is 2.16. The van der Waals surface area contributed by atoms with Crippen LogP contribution in [0.5, 0.6) is 0 Å². The lowest BCUT2D eigenvalue weighted by molar-refractivity contribution is 0.949. The highest BCUT2D eigenvalue weighted by Gasteiger charge is 2.15. The Hall–Kier alpha value is -1.51. The van der Waals surface area contributed by atoms with Crippen LogP contribution in [0.2, 0.25) is 0 Å². The van der Waals surface area contributed by atoms with Gasteiger partial charge in [-0.1, -0.05) is 19.1 Å². The largest absolute Gasteiger partial charge is 0.370 e. The number of nitrogens with one attached hydrogen (secondary N) is 1. The fourth-order valence-electron chi connectivity index (χ4n) is 2.44. The van der Waals surface area contributed by atoms with Crippen LogP contribution in [0, 0.1) is 0 Å². The SMILES string of the molecule is CCCC(=NC)Nc1ccccc1N1CCCC1. The molecular weight excluding hydrogens is 222 g/mol. The molecule has 0 aliphatic carbocycles. The number of hydrogen-bond donors (Lipinski definition) is 1. The second-order valence-electron chi connectivity index (χ2n) is 4.76. The third kappa shape index (κ3) is 3.03. The lowest BCUT2D eigenvalue weighted by atomic mass is 10.2.